The largest absolute Gasteiger partial charge is 0.467 e. The molecule has 0 bridgehead atoms. The molecule has 1 fully saturated rings. The van der Waals surface area contributed by atoms with Crippen LogP contribution in [0.4, 0.5) is 0 Å². The minimum absolute atomic E-state index is 0.212. The number of amides is 1. The Hall–Kier alpha value is -2.35. The van der Waals surface area contributed by atoms with Crippen LogP contribution in [0.25, 0.3) is 0 Å². The molecular formula is C14H16N4O3S. The van der Waals surface area contributed by atoms with Crippen molar-refractivity contribution < 1.29 is 13.7 Å². The number of hydrogen-bond donors (Lipinski definition) is 1. The van der Waals surface area contributed by atoms with Gasteiger partial charge in [-0.2, -0.15) is 0 Å². The fourth-order valence-corrected chi connectivity index (χ4v) is 2.56. The Morgan fingerprint density at radius 2 is 2.27 bits per heavy atom. The number of carbonyl (C=O) groups excluding carboxylic acids is 1. The van der Waals surface area contributed by atoms with Crippen molar-refractivity contribution >= 4 is 23.2 Å². The predicted octanol–water partition coefficient (Wildman–Crippen LogP) is 1.71. The highest BCUT2D eigenvalue weighted by Gasteiger charge is 2.31. The van der Waals surface area contributed by atoms with E-state index < -0.39 is 0 Å². The van der Waals surface area contributed by atoms with Gasteiger partial charge >= 0.3 is 0 Å². The lowest BCUT2D eigenvalue weighted by atomic mass is 10.3. The molecule has 1 saturated heterocycles. The first-order valence-electron chi connectivity index (χ1n) is 6.98. The van der Waals surface area contributed by atoms with Gasteiger partial charge in [0.1, 0.15) is 11.5 Å². The first-order chi connectivity index (χ1) is 10.6. The van der Waals surface area contributed by atoms with Crippen LogP contribution in [0.1, 0.15) is 28.4 Å². The van der Waals surface area contributed by atoms with Crippen molar-refractivity contribution in [3.8, 4) is 0 Å². The molecular weight excluding hydrogens is 304 g/mol. The first kappa shape index (κ1) is 14.6. The van der Waals surface area contributed by atoms with Crippen LogP contribution in [0.2, 0.25) is 0 Å². The SMILES string of the molecule is Cc1cc(C(=O)N2CCCN2C(=S)NCc2ccco2)no1. The quantitative estimate of drug-likeness (QED) is 0.863. The highest BCUT2D eigenvalue weighted by molar-refractivity contribution is 7.80. The lowest BCUT2D eigenvalue weighted by molar-refractivity contribution is 0.0480. The number of hydrazine groups is 1. The molecule has 1 aliphatic rings. The second-order valence-electron chi connectivity index (χ2n) is 4.97. The van der Waals surface area contributed by atoms with Gasteiger partial charge in [-0.25, -0.2) is 5.01 Å². The van der Waals surface area contributed by atoms with E-state index in [4.69, 9.17) is 21.2 Å². The van der Waals surface area contributed by atoms with Crippen LogP contribution in [0.5, 0.6) is 0 Å². The molecule has 8 heteroatoms. The van der Waals surface area contributed by atoms with Gasteiger partial charge in [0.05, 0.1) is 12.8 Å². The van der Waals surface area contributed by atoms with Gasteiger partial charge in [0, 0.05) is 19.2 Å². The molecule has 2 aromatic heterocycles. The van der Waals surface area contributed by atoms with E-state index >= 15 is 0 Å². The summed E-state index contributed by atoms with van der Waals surface area (Å²) in [5.41, 5.74) is 0.290. The summed E-state index contributed by atoms with van der Waals surface area (Å²) in [7, 11) is 0. The first-order valence-corrected chi connectivity index (χ1v) is 7.39. The van der Waals surface area contributed by atoms with Gasteiger partial charge in [-0.3, -0.25) is 9.80 Å². The number of thiocarbonyl (C=S) groups is 1. The van der Waals surface area contributed by atoms with Crippen LogP contribution >= 0.6 is 12.2 Å². The number of rotatable bonds is 3. The third kappa shape index (κ3) is 2.96. The van der Waals surface area contributed by atoms with Gasteiger partial charge in [0.15, 0.2) is 10.8 Å². The highest BCUT2D eigenvalue weighted by atomic mass is 32.1. The molecule has 22 heavy (non-hydrogen) atoms. The summed E-state index contributed by atoms with van der Waals surface area (Å²) in [6.07, 6.45) is 2.46. The van der Waals surface area contributed by atoms with Crippen molar-refractivity contribution in [3.05, 3.63) is 41.7 Å². The Morgan fingerprint density at radius 3 is 2.95 bits per heavy atom. The lowest BCUT2D eigenvalue weighted by Crippen LogP contribution is -2.49. The Kier molecular flexibility index (Phi) is 4.10. The van der Waals surface area contributed by atoms with Crippen molar-refractivity contribution in [2.24, 2.45) is 0 Å². The molecule has 1 aliphatic heterocycles. The van der Waals surface area contributed by atoms with Crippen molar-refractivity contribution in [3.63, 3.8) is 0 Å². The maximum atomic E-state index is 12.5. The second-order valence-corrected chi connectivity index (χ2v) is 5.35. The number of furan rings is 1. The Bertz CT molecular complexity index is 667. The summed E-state index contributed by atoms with van der Waals surface area (Å²) in [4.78, 5) is 12.5. The minimum atomic E-state index is -0.212. The molecule has 0 aromatic carbocycles. The van der Waals surface area contributed by atoms with Gasteiger partial charge in [0.25, 0.3) is 5.91 Å². The zero-order valence-corrected chi connectivity index (χ0v) is 12.9. The average molecular weight is 320 g/mol. The zero-order valence-electron chi connectivity index (χ0n) is 12.1. The summed E-state index contributed by atoms with van der Waals surface area (Å²) in [6, 6.07) is 5.30. The Morgan fingerprint density at radius 1 is 1.45 bits per heavy atom. The molecule has 0 radical (unpaired) electrons. The number of carbonyl (C=O) groups is 1. The highest BCUT2D eigenvalue weighted by Crippen LogP contribution is 2.15. The van der Waals surface area contributed by atoms with Crippen LogP contribution in [-0.2, 0) is 6.54 Å². The molecule has 0 spiro atoms. The van der Waals surface area contributed by atoms with E-state index in [0.29, 0.717) is 36.2 Å². The summed E-state index contributed by atoms with van der Waals surface area (Å²) in [5, 5.41) is 10.7. The number of nitrogens with zero attached hydrogens (tertiary/aromatic N) is 3. The Balaban J connectivity index is 1.64. The molecule has 0 aliphatic carbocycles. The van der Waals surface area contributed by atoms with Gasteiger partial charge in [-0.1, -0.05) is 5.16 Å². The van der Waals surface area contributed by atoms with E-state index in [2.05, 4.69) is 10.5 Å². The molecule has 1 N–H and O–H groups in total. The van der Waals surface area contributed by atoms with E-state index in [1.165, 1.54) is 0 Å². The molecule has 116 valence electrons. The normalized spacial score (nSPS) is 14.4. The third-order valence-corrected chi connectivity index (χ3v) is 3.70. The van der Waals surface area contributed by atoms with Gasteiger partial charge in [-0.15, -0.1) is 0 Å². The van der Waals surface area contributed by atoms with E-state index in [1.54, 1.807) is 29.3 Å². The fraction of sp³-hybridized carbons (Fsp3) is 0.357. The van der Waals surface area contributed by atoms with Crippen molar-refractivity contribution in [2.75, 3.05) is 13.1 Å². The van der Waals surface area contributed by atoms with Gasteiger partial charge in [-0.05, 0) is 37.7 Å². The van der Waals surface area contributed by atoms with Crippen LogP contribution in [0.3, 0.4) is 0 Å². The molecule has 2 aromatic rings. The van der Waals surface area contributed by atoms with E-state index in [9.17, 15) is 4.79 Å². The van der Waals surface area contributed by atoms with Crippen molar-refractivity contribution in [1.29, 1.82) is 0 Å². The maximum absolute atomic E-state index is 12.5. The number of aromatic nitrogens is 1. The third-order valence-electron chi connectivity index (χ3n) is 3.34. The fourth-order valence-electron chi connectivity index (χ4n) is 2.30. The zero-order chi connectivity index (χ0) is 15.5. The molecule has 0 atom stereocenters. The minimum Gasteiger partial charge on any atom is -0.467 e. The maximum Gasteiger partial charge on any atom is 0.294 e. The summed E-state index contributed by atoms with van der Waals surface area (Å²) < 4.78 is 10.2. The number of hydrogen-bond acceptors (Lipinski definition) is 5. The van der Waals surface area contributed by atoms with E-state index in [0.717, 1.165) is 12.2 Å². The summed E-state index contributed by atoms with van der Waals surface area (Å²) in [6.45, 7) is 3.52. The molecule has 0 saturated carbocycles. The summed E-state index contributed by atoms with van der Waals surface area (Å²) >= 11 is 5.37. The second kappa shape index (κ2) is 6.18. The topological polar surface area (TPSA) is 74.8 Å². The molecule has 7 nitrogen and oxygen atoms in total. The monoisotopic (exact) mass is 320 g/mol. The number of nitrogens with one attached hydrogen (secondary N) is 1. The molecule has 1 amide bonds. The molecule has 0 unspecified atom stereocenters. The van der Waals surface area contributed by atoms with Gasteiger partial charge < -0.3 is 14.3 Å². The standard InChI is InChI=1S/C14H16N4O3S/c1-10-8-12(16-21-10)13(19)17-5-3-6-18(17)14(22)15-9-11-4-2-7-20-11/h2,4,7-8H,3,5-6,9H2,1H3,(H,15,22). The predicted molar refractivity (Wildman–Crippen MR) is 81.7 cm³/mol. The Labute approximate surface area is 132 Å². The van der Waals surface area contributed by atoms with E-state index in [1.807, 2.05) is 12.1 Å². The lowest BCUT2D eigenvalue weighted by Gasteiger charge is -2.29. The van der Waals surface area contributed by atoms with Crippen LogP contribution < -0.4 is 5.32 Å². The van der Waals surface area contributed by atoms with Crippen LogP contribution in [0.15, 0.2) is 33.4 Å². The van der Waals surface area contributed by atoms with Crippen LogP contribution in [-0.4, -0.2) is 39.3 Å². The van der Waals surface area contributed by atoms with Crippen molar-refractivity contribution in [1.82, 2.24) is 20.5 Å². The van der Waals surface area contributed by atoms with Gasteiger partial charge in [0.2, 0.25) is 0 Å². The van der Waals surface area contributed by atoms with E-state index in [-0.39, 0.29) is 5.91 Å². The summed E-state index contributed by atoms with van der Waals surface area (Å²) in [5.74, 6) is 1.18. The smallest absolute Gasteiger partial charge is 0.294 e. The average Bonchev–Trinajstić information content (AvgIpc) is 3.24. The number of aryl methyl sites for hydroxylation is 1. The molecule has 3 heterocycles. The van der Waals surface area contributed by atoms with Crippen molar-refractivity contribution in [2.45, 2.75) is 19.9 Å². The molecule has 3 rings (SSSR count). The van der Waals surface area contributed by atoms with Crippen LogP contribution in [0, 0.1) is 6.92 Å².